The molecule has 0 atom stereocenters. The second-order valence-corrected chi connectivity index (χ2v) is 8.55. The molecule has 0 bridgehead atoms. The number of hydrogen-bond donors (Lipinski definition) is 1. The molecule has 0 unspecified atom stereocenters. The lowest BCUT2D eigenvalue weighted by Crippen LogP contribution is -2.01. The monoisotopic (exact) mass is 454 g/mol. The summed E-state index contributed by atoms with van der Waals surface area (Å²) in [5.41, 5.74) is 6.66. The van der Waals surface area contributed by atoms with Gasteiger partial charge < -0.3 is 9.55 Å². The molecule has 0 radical (unpaired) electrons. The van der Waals surface area contributed by atoms with E-state index in [1.165, 1.54) is 6.07 Å². The molecule has 0 aliphatic heterocycles. The van der Waals surface area contributed by atoms with Crippen molar-refractivity contribution in [3.8, 4) is 6.07 Å². The molecule has 2 heterocycles. The number of benzene rings is 3. The Morgan fingerprint density at radius 1 is 1.15 bits per heavy atom. The molecule has 0 fully saturated rings. The molecule has 4 nitrogen and oxygen atoms in total. The molecule has 0 amide bonds. The van der Waals surface area contributed by atoms with Crippen LogP contribution in [0.4, 0.5) is 4.39 Å². The topological polar surface area (TPSA) is 57.4 Å². The van der Waals surface area contributed by atoms with Crippen LogP contribution in [0.3, 0.4) is 0 Å². The summed E-state index contributed by atoms with van der Waals surface area (Å²) < 4.78 is 16.4. The average Bonchev–Trinajstić information content (AvgIpc) is 3.36. The van der Waals surface area contributed by atoms with Crippen molar-refractivity contribution in [3.63, 3.8) is 0 Å². The molecule has 0 saturated carbocycles. The number of rotatable bonds is 4. The van der Waals surface area contributed by atoms with Crippen molar-refractivity contribution in [2.45, 2.75) is 20.4 Å². The highest BCUT2D eigenvalue weighted by Gasteiger charge is 2.14. The van der Waals surface area contributed by atoms with Gasteiger partial charge in [-0.05, 0) is 61.4 Å². The standard InChI is InChI=1S/C27H20ClFN4/c1-16-10-24-25(11-17(16)2)32-27(31-24)18(13-30)12-19-14-33(26-9-4-3-6-20(19)26)15-21-22(28)7-5-8-23(21)29/h3-12,14H,15H2,1-2H3,(H,31,32)/b18-12+. The highest BCUT2D eigenvalue weighted by atomic mass is 35.5. The fourth-order valence-corrected chi connectivity index (χ4v) is 4.30. The van der Waals surface area contributed by atoms with Gasteiger partial charge >= 0.3 is 0 Å². The van der Waals surface area contributed by atoms with Crippen LogP contribution in [0, 0.1) is 31.0 Å². The first-order chi connectivity index (χ1) is 15.9. The van der Waals surface area contributed by atoms with Gasteiger partial charge in [0.15, 0.2) is 0 Å². The third-order valence-electron chi connectivity index (χ3n) is 5.98. The fraction of sp³-hybridized carbons (Fsp3) is 0.111. The minimum Gasteiger partial charge on any atom is -0.342 e. The smallest absolute Gasteiger partial charge is 0.149 e. The van der Waals surface area contributed by atoms with Crippen molar-refractivity contribution in [2.24, 2.45) is 0 Å². The van der Waals surface area contributed by atoms with Crippen LogP contribution < -0.4 is 0 Å². The van der Waals surface area contributed by atoms with Gasteiger partial charge in [-0.2, -0.15) is 5.26 Å². The summed E-state index contributed by atoms with van der Waals surface area (Å²) in [7, 11) is 0. The number of halogens is 2. The third kappa shape index (κ3) is 3.79. The molecule has 0 aliphatic carbocycles. The summed E-state index contributed by atoms with van der Waals surface area (Å²) in [5, 5.41) is 11.3. The molecule has 5 aromatic rings. The number of nitriles is 1. The van der Waals surface area contributed by atoms with Crippen LogP contribution in [-0.4, -0.2) is 14.5 Å². The first kappa shape index (κ1) is 21.0. The van der Waals surface area contributed by atoms with Crippen molar-refractivity contribution >= 4 is 45.2 Å². The summed E-state index contributed by atoms with van der Waals surface area (Å²) in [4.78, 5) is 7.91. The summed E-state index contributed by atoms with van der Waals surface area (Å²) in [6.45, 7) is 4.37. The second-order valence-electron chi connectivity index (χ2n) is 8.14. The Morgan fingerprint density at radius 3 is 2.73 bits per heavy atom. The number of imidazole rings is 1. The molecule has 33 heavy (non-hydrogen) atoms. The van der Waals surface area contributed by atoms with Crippen LogP contribution >= 0.6 is 11.6 Å². The van der Waals surface area contributed by atoms with E-state index in [1.807, 2.05) is 67.1 Å². The van der Waals surface area contributed by atoms with Gasteiger partial charge in [0.25, 0.3) is 0 Å². The Bertz CT molecular complexity index is 1540. The molecule has 1 N–H and O–H groups in total. The van der Waals surface area contributed by atoms with E-state index < -0.39 is 0 Å². The predicted molar refractivity (Wildman–Crippen MR) is 132 cm³/mol. The van der Waals surface area contributed by atoms with E-state index in [1.54, 1.807) is 12.1 Å². The van der Waals surface area contributed by atoms with Crippen LogP contribution in [0.2, 0.25) is 5.02 Å². The number of aromatic amines is 1. The lowest BCUT2D eigenvalue weighted by atomic mass is 10.1. The number of hydrogen-bond acceptors (Lipinski definition) is 2. The Balaban J connectivity index is 1.62. The maximum absolute atomic E-state index is 14.4. The maximum atomic E-state index is 14.4. The van der Waals surface area contributed by atoms with Crippen LogP contribution in [0.15, 0.2) is 60.8 Å². The number of aryl methyl sites for hydroxylation is 2. The largest absolute Gasteiger partial charge is 0.342 e. The van der Waals surface area contributed by atoms with E-state index in [2.05, 4.69) is 16.0 Å². The molecule has 162 valence electrons. The zero-order valence-electron chi connectivity index (χ0n) is 18.2. The molecule has 2 aromatic heterocycles. The minimum absolute atomic E-state index is 0.283. The zero-order valence-corrected chi connectivity index (χ0v) is 18.9. The van der Waals surface area contributed by atoms with Crippen LogP contribution in [-0.2, 0) is 6.54 Å². The van der Waals surface area contributed by atoms with E-state index >= 15 is 0 Å². The molecule has 0 saturated heterocycles. The number of nitrogens with one attached hydrogen (secondary N) is 1. The third-order valence-corrected chi connectivity index (χ3v) is 6.34. The number of H-pyrrole nitrogens is 1. The maximum Gasteiger partial charge on any atom is 0.149 e. The van der Waals surface area contributed by atoms with Gasteiger partial charge in [0, 0.05) is 33.2 Å². The molecular formula is C27H20ClFN4. The number of para-hydroxylation sites is 1. The Kier molecular flexibility index (Phi) is 5.24. The number of fused-ring (bicyclic) bond motifs is 2. The normalized spacial score (nSPS) is 11.9. The van der Waals surface area contributed by atoms with Crippen molar-refractivity contribution in [3.05, 3.63) is 99.7 Å². The highest BCUT2D eigenvalue weighted by Crippen LogP contribution is 2.29. The SMILES string of the molecule is Cc1cc2nc(/C(C#N)=C/c3cn(Cc4c(F)cccc4Cl)c4ccccc34)[nH]c2cc1C. The first-order valence-corrected chi connectivity index (χ1v) is 10.9. The van der Waals surface area contributed by atoms with Crippen molar-refractivity contribution in [2.75, 3.05) is 0 Å². The van der Waals surface area contributed by atoms with Crippen molar-refractivity contribution in [1.29, 1.82) is 5.26 Å². The average molecular weight is 455 g/mol. The van der Waals surface area contributed by atoms with Gasteiger partial charge in [-0.3, -0.25) is 0 Å². The van der Waals surface area contributed by atoms with E-state index in [0.717, 1.165) is 38.6 Å². The van der Waals surface area contributed by atoms with Crippen LogP contribution in [0.25, 0.3) is 33.6 Å². The summed E-state index contributed by atoms with van der Waals surface area (Å²) in [6, 6.07) is 18.9. The van der Waals surface area contributed by atoms with Gasteiger partial charge in [0.05, 0.1) is 23.2 Å². The number of aromatic nitrogens is 3. The zero-order chi connectivity index (χ0) is 23.1. The van der Waals surface area contributed by atoms with Crippen LogP contribution in [0.1, 0.15) is 28.1 Å². The second kappa shape index (κ2) is 8.23. The Morgan fingerprint density at radius 2 is 1.94 bits per heavy atom. The van der Waals surface area contributed by atoms with Crippen molar-refractivity contribution in [1.82, 2.24) is 14.5 Å². The molecule has 0 spiro atoms. The molecule has 5 rings (SSSR count). The summed E-state index contributed by atoms with van der Waals surface area (Å²) >= 11 is 6.26. The van der Waals surface area contributed by atoms with Crippen LogP contribution in [0.5, 0.6) is 0 Å². The van der Waals surface area contributed by atoms with E-state index in [-0.39, 0.29) is 12.4 Å². The minimum atomic E-state index is -0.344. The number of allylic oxidation sites excluding steroid dienone is 1. The molecule has 3 aromatic carbocycles. The Labute approximate surface area is 195 Å². The van der Waals surface area contributed by atoms with E-state index in [0.29, 0.717) is 22.0 Å². The lowest BCUT2D eigenvalue weighted by Gasteiger charge is -2.08. The lowest BCUT2D eigenvalue weighted by molar-refractivity contribution is 0.602. The molecular weight excluding hydrogens is 435 g/mol. The van der Waals surface area contributed by atoms with Gasteiger partial charge in [-0.1, -0.05) is 35.9 Å². The fourth-order valence-electron chi connectivity index (χ4n) is 4.08. The quantitative estimate of drug-likeness (QED) is 0.296. The van der Waals surface area contributed by atoms with Crippen molar-refractivity contribution < 1.29 is 4.39 Å². The molecule has 0 aliphatic rings. The van der Waals surface area contributed by atoms with Gasteiger partial charge in [-0.25, -0.2) is 9.37 Å². The summed E-state index contributed by atoms with van der Waals surface area (Å²) in [5.74, 6) is 0.175. The molecule has 6 heteroatoms. The predicted octanol–water partition coefficient (Wildman–Crippen LogP) is 7.04. The number of nitrogens with zero attached hydrogens (tertiary/aromatic N) is 3. The first-order valence-electron chi connectivity index (χ1n) is 10.5. The van der Waals surface area contributed by atoms with Gasteiger partial charge in [-0.15, -0.1) is 0 Å². The summed E-state index contributed by atoms with van der Waals surface area (Å²) in [6.07, 6.45) is 3.74. The van der Waals surface area contributed by atoms with Gasteiger partial charge in [0.2, 0.25) is 0 Å². The van der Waals surface area contributed by atoms with E-state index in [4.69, 9.17) is 11.6 Å². The Hall–Kier alpha value is -3.88. The highest BCUT2D eigenvalue weighted by molar-refractivity contribution is 6.31. The van der Waals surface area contributed by atoms with E-state index in [9.17, 15) is 9.65 Å². The van der Waals surface area contributed by atoms with Gasteiger partial charge in [0.1, 0.15) is 17.7 Å².